The minimum atomic E-state index is -0.317. The summed E-state index contributed by atoms with van der Waals surface area (Å²) >= 11 is 12.7. The van der Waals surface area contributed by atoms with E-state index >= 15 is 0 Å². The Kier molecular flexibility index (Phi) is 8.63. The minimum Gasteiger partial charge on any atom is -0.352 e. The Morgan fingerprint density at radius 1 is 0.800 bits per heavy atom. The van der Waals surface area contributed by atoms with Crippen LogP contribution in [0.25, 0.3) is 11.3 Å². The highest BCUT2D eigenvalue weighted by Crippen LogP contribution is 2.27. The van der Waals surface area contributed by atoms with Crippen LogP contribution >= 0.6 is 23.2 Å². The number of carbonyl (C=O) groups is 2. The maximum absolute atomic E-state index is 13.6. The summed E-state index contributed by atoms with van der Waals surface area (Å²) < 4.78 is 0. The summed E-state index contributed by atoms with van der Waals surface area (Å²) in [6.45, 7) is 4.13. The summed E-state index contributed by atoms with van der Waals surface area (Å²) in [4.78, 5) is 32.6. The molecule has 204 valence electrons. The van der Waals surface area contributed by atoms with Gasteiger partial charge in [-0.15, -0.1) is 10.2 Å². The van der Waals surface area contributed by atoms with Crippen LogP contribution in [-0.4, -0.2) is 64.5 Å². The smallest absolute Gasteiger partial charge is 0.256 e. The maximum Gasteiger partial charge on any atom is 0.256 e. The molecular weight excluding hydrogens is 545 g/mol. The second-order valence-corrected chi connectivity index (χ2v) is 10.4. The summed E-state index contributed by atoms with van der Waals surface area (Å²) in [6, 6.07) is 27.7. The Bertz CT molecular complexity index is 1470. The lowest BCUT2D eigenvalue weighted by atomic mass is 10.1. The van der Waals surface area contributed by atoms with Gasteiger partial charge >= 0.3 is 0 Å². The van der Waals surface area contributed by atoms with Crippen LogP contribution in [0.2, 0.25) is 10.0 Å². The van der Waals surface area contributed by atoms with Crippen LogP contribution < -0.4 is 4.90 Å². The number of benzene rings is 3. The zero-order chi connectivity index (χ0) is 28.1. The Labute approximate surface area is 243 Å². The average molecular weight is 575 g/mol. The lowest BCUT2D eigenvalue weighted by Gasteiger charge is -2.37. The summed E-state index contributed by atoms with van der Waals surface area (Å²) in [5.74, 6) is 0.363. The van der Waals surface area contributed by atoms with E-state index in [0.29, 0.717) is 47.5 Å². The highest BCUT2D eigenvalue weighted by molar-refractivity contribution is 6.34. The molecule has 9 heteroatoms. The summed E-state index contributed by atoms with van der Waals surface area (Å²) in [6.07, 6.45) is 0. The van der Waals surface area contributed by atoms with Crippen molar-refractivity contribution < 1.29 is 9.59 Å². The monoisotopic (exact) mass is 573 g/mol. The fourth-order valence-electron chi connectivity index (χ4n) is 4.82. The first-order chi connectivity index (χ1) is 19.4. The Morgan fingerprint density at radius 2 is 1.45 bits per heavy atom. The van der Waals surface area contributed by atoms with Gasteiger partial charge in [-0.3, -0.25) is 9.59 Å². The number of anilines is 1. The second kappa shape index (κ2) is 12.5. The molecule has 0 saturated carbocycles. The van der Waals surface area contributed by atoms with E-state index in [1.54, 1.807) is 34.1 Å². The van der Waals surface area contributed by atoms with E-state index in [0.717, 1.165) is 16.9 Å². The molecule has 1 fully saturated rings. The molecule has 7 nitrogen and oxygen atoms in total. The third-order valence-corrected chi connectivity index (χ3v) is 7.84. The van der Waals surface area contributed by atoms with Gasteiger partial charge in [0.1, 0.15) is 6.54 Å². The molecule has 0 aliphatic carbocycles. The van der Waals surface area contributed by atoms with Gasteiger partial charge in [0.15, 0.2) is 5.82 Å². The van der Waals surface area contributed by atoms with Crippen molar-refractivity contribution in [2.24, 2.45) is 0 Å². The van der Waals surface area contributed by atoms with E-state index in [2.05, 4.69) is 15.1 Å². The number of rotatable bonds is 7. The number of halogens is 2. The highest BCUT2D eigenvalue weighted by atomic mass is 35.5. The largest absolute Gasteiger partial charge is 0.352 e. The third-order valence-electron chi connectivity index (χ3n) is 7.18. The molecule has 0 N–H and O–H groups in total. The van der Waals surface area contributed by atoms with Gasteiger partial charge in [-0.2, -0.15) is 0 Å². The predicted octanol–water partition coefficient (Wildman–Crippen LogP) is 6.00. The standard InChI is InChI=1S/C31H29Cl2N5O2/c1-22(23-9-3-2-4-10-23)38(31(40)25-12-6-8-14-27(25)33)21-30(39)37-19-17-36(18-20-37)29-16-15-28(34-35-29)24-11-5-7-13-26(24)32/h2-16,22H,17-21H2,1H3. The van der Waals surface area contributed by atoms with Crippen LogP contribution in [0.4, 0.5) is 5.82 Å². The van der Waals surface area contributed by atoms with Crippen LogP contribution in [0.1, 0.15) is 28.9 Å². The van der Waals surface area contributed by atoms with Gasteiger partial charge in [0.25, 0.3) is 5.91 Å². The van der Waals surface area contributed by atoms with Gasteiger partial charge < -0.3 is 14.7 Å². The molecule has 1 atom stereocenters. The van der Waals surface area contributed by atoms with Gasteiger partial charge in [-0.1, -0.05) is 83.9 Å². The lowest BCUT2D eigenvalue weighted by Crippen LogP contribution is -2.52. The fraction of sp³-hybridized carbons (Fsp3) is 0.226. The normalized spacial score (nSPS) is 14.1. The summed E-state index contributed by atoms with van der Waals surface area (Å²) in [7, 11) is 0. The molecule has 40 heavy (non-hydrogen) atoms. The quantitative estimate of drug-likeness (QED) is 0.271. The molecule has 1 aliphatic rings. The predicted molar refractivity (Wildman–Crippen MR) is 159 cm³/mol. The molecule has 0 spiro atoms. The number of hydrogen-bond acceptors (Lipinski definition) is 5. The molecule has 3 aromatic carbocycles. The van der Waals surface area contributed by atoms with E-state index < -0.39 is 0 Å². The molecule has 1 aliphatic heterocycles. The van der Waals surface area contributed by atoms with Crippen molar-refractivity contribution in [3.8, 4) is 11.3 Å². The zero-order valence-electron chi connectivity index (χ0n) is 22.1. The van der Waals surface area contributed by atoms with E-state index in [9.17, 15) is 9.59 Å². The zero-order valence-corrected chi connectivity index (χ0v) is 23.6. The van der Waals surface area contributed by atoms with E-state index in [1.165, 1.54) is 0 Å². The van der Waals surface area contributed by atoms with Crippen molar-refractivity contribution in [3.05, 3.63) is 112 Å². The number of piperazine rings is 1. The summed E-state index contributed by atoms with van der Waals surface area (Å²) in [5.41, 5.74) is 2.86. The number of hydrogen-bond donors (Lipinski definition) is 0. The molecule has 1 unspecified atom stereocenters. The molecule has 5 rings (SSSR count). The molecule has 2 heterocycles. The van der Waals surface area contributed by atoms with Crippen LogP contribution in [0.3, 0.4) is 0 Å². The van der Waals surface area contributed by atoms with Crippen LogP contribution in [0, 0.1) is 0 Å². The first-order valence-corrected chi connectivity index (χ1v) is 13.9. The Balaban J connectivity index is 1.26. The third kappa shape index (κ3) is 6.11. The van der Waals surface area contributed by atoms with Crippen LogP contribution in [0.5, 0.6) is 0 Å². The number of carbonyl (C=O) groups excluding carboxylic acids is 2. The Hall–Kier alpha value is -3.94. The van der Waals surface area contributed by atoms with Crippen molar-refractivity contribution in [1.29, 1.82) is 0 Å². The van der Waals surface area contributed by atoms with Crippen molar-refractivity contribution in [2.45, 2.75) is 13.0 Å². The van der Waals surface area contributed by atoms with E-state index in [1.807, 2.05) is 73.7 Å². The molecule has 2 amide bonds. The van der Waals surface area contributed by atoms with Gasteiger partial charge in [-0.25, -0.2) is 0 Å². The van der Waals surface area contributed by atoms with Gasteiger partial charge in [0.05, 0.1) is 27.3 Å². The molecule has 1 saturated heterocycles. The number of aromatic nitrogens is 2. The Morgan fingerprint density at radius 3 is 2.10 bits per heavy atom. The first kappa shape index (κ1) is 27.6. The highest BCUT2D eigenvalue weighted by Gasteiger charge is 2.30. The van der Waals surface area contributed by atoms with Crippen LogP contribution in [-0.2, 0) is 4.79 Å². The second-order valence-electron chi connectivity index (χ2n) is 9.62. The van der Waals surface area contributed by atoms with Gasteiger partial charge in [0.2, 0.25) is 5.91 Å². The molecule has 1 aromatic heterocycles. The van der Waals surface area contributed by atoms with Crippen molar-refractivity contribution in [2.75, 3.05) is 37.6 Å². The number of nitrogens with zero attached hydrogens (tertiary/aromatic N) is 5. The van der Waals surface area contributed by atoms with Crippen molar-refractivity contribution in [3.63, 3.8) is 0 Å². The first-order valence-electron chi connectivity index (χ1n) is 13.1. The molecule has 0 bridgehead atoms. The van der Waals surface area contributed by atoms with E-state index in [-0.39, 0.29) is 24.4 Å². The van der Waals surface area contributed by atoms with Crippen molar-refractivity contribution in [1.82, 2.24) is 20.0 Å². The number of amides is 2. The minimum absolute atomic E-state index is 0.0492. The molecular formula is C31H29Cl2N5O2. The SMILES string of the molecule is CC(c1ccccc1)N(CC(=O)N1CCN(c2ccc(-c3ccccc3Cl)nn2)CC1)C(=O)c1ccccc1Cl. The van der Waals surface area contributed by atoms with Crippen LogP contribution in [0.15, 0.2) is 91.0 Å². The van der Waals surface area contributed by atoms with Gasteiger partial charge in [-0.05, 0) is 42.8 Å². The lowest BCUT2D eigenvalue weighted by molar-refractivity contribution is -0.132. The van der Waals surface area contributed by atoms with Gasteiger partial charge in [0, 0.05) is 31.7 Å². The molecule has 0 radical (unpaired) electrons. The topological polar surface area (TPSA) is 69.6 Å². The van der Waals surface area contributed by atoms with Crippen molar-refractivity contribution >= 4 is 40.8 Å². The molecule has 4 aromatic rings. The van der Waals surface area contributed by atoms with E-state index in [4.69, 9.17) is 23.2 Å². The average Bonchev–Trinajstić information content (AvgIpc) is 3.00. The fourth-order valence-corrected chi connectivity index (χ4v) is 5.27. The maximum atomic E-state index is 13.6. The summed E-state index contributed by atoms with van der Waals surface area (Å²) in [5, 5.41) is 9.77.